The number of hydrogen-bond donors (Lipinski definition) is 1. The highest BCUT2D eigenvalue weighted by Gasteiger charge is 2.22. The number of benzene rings is 2. The van der Waals surface area contributed by atoms with Crippen LogP contribution in [0, 0.1) is 5.82 Å². The molecule has 7 nitrogen and oxygen atoms in total. The van der Waals surface area contributed by atoms with E-state index in [2.05, 4.69) is 32.3 Å². The summed E-state index contributed by atoms with van der Waals surface area (Å²) < 4.78 is 20.8. The molecule has 4 aromatic rings. The van der Waals surface area contributed by atoms with E-state index < -0.39 is 0 Å². The van der Waals surface area contributed by atoms with Gasteiger partial charge in [-0.2, -0.15) is 0 Å². The number of imidazole rings is 1. The van der Waals surface area contributed by atoms with Gasteiger partial charge in [-0.25, -0.2) is 14.4 Å². The third-order valence-electron chi connectivity index (χ3n) is 6.97. The lowest BCUT2D eigenvalue weighted by Crippen LogP contribution is -2.32. The number of carbonyl (C=O) groups excluding carboxylic acids is 1. The summed E-state index contributed by atoms with van der Waals surface area (Å²) in [6, 6.07) is 13.5. The van der Waals surface area contributed by atoms with Crippen molar-refractivity contribution < 1.29 is 13.9 Å². The van der Waals surface area contributed by atoms with E-state index in [9.17, 15) is 9.18 Å². The van der Waals surface area contributed by atoms with E-state index in [1.165, 1.54) is 13.3 Å². The molecule has 2 aromatic heterocycles. The first kappa shape index (κ1) is 25.0. The van der Waals surface area contributed by atoms with Crippen molar-refractivity contribution in [1.29, 1.82) is 0 Å². The molecule has 1 aliphatic heterocycles. The minimum atomic E-state index is -0.307. The Morgan fingerprint density at radius 1 is 1.19 bits per heavy atom. The molecule has 3 heterocycles. The van der Waals surface area contributed by atoms with Gasteiger partial charge in [-0.3, -0.25) is 9.20 Å². The van der Waals surface area contributed by atoms with E-state index in [-0.39, 0.29) is 17.5 Å². The zero-order chi connectivity index (χ0) is 25.9. The molecule has 2 aromatic carbocycles. The number of hydrogen-bond acceptors (Lipinski definition) is 5. The number of rotatable bonds is 7. The molecule has 0 aliphatic carbocycles. The van der Waals surface area contributed by atoms with Gasteiger partial charge in [0.1, 0.15) is 5.69 Å². The van der Waals surface area contributed by atoms with Crippen molar-refractivity contribution in [3.63, 3.8) is 0 Å². The van der Waals surface area contributed by atoms with Crippen LogP contribution >= 0.6 is 11.6 Å². The van der Waals surface area contributed by atoms with Gasteiger partial charge in [0.2, 0.25) is 5.78 Å². The minimum absolute atomic E-state index is 0.213. The maximum Gasteiger partial charge on any atom is 0.270 e. The Morgan fingerprint density at radius 3 is 2.62 bits per heavy atom. The Labute approximate surface area is 220 Å². The predicted molar refractivity (Wildman–Crippen MR) is 142 cm³/mol. The number of aromatic nitrogens is 3. The summed E-state index contributed by atoms with van der Waals surface area (Å²) in [5.41, 5.74) is 4.32. The predicted octanol–water partition coefficient (Wildman–Crippen LogP) is 5.41. The fourth-order valence-electron chi connectivity index (χ4n) is 4.94. The average molecular weight is 522 g/mol. The van der Waals surface area contributed by atoms with E-state index in [0.717, 1.165) is 42.7 Å². The maximum absolute atomic E-state index is 14.1. The standard InChI is InChI=1S/C28H29ClFN5O2/c1-3-24-26(35-17-21(29)16-32-28(35)33-24)27(36)31-15-18-4-7-22(8-5-18)34-12-10-19(11-13-34)20-6-9-25(37-2)23(30)14-20/h4-9,14,16-17,19H,3,10-13,15H2,1-2H3,(H,31,36). The first-order valence-corrected chi connectivity index (χ1v) is 12.8. The Balaban J connectivity index is 1.19. The van der Waals surface area contributed by atoms with Crippen LogP contribution in [0.25, 0.3) is 5.78 Å². The molecule has 1 aliphatic rings. The second-order valence-electron chi connectivity index (χ2n) is 9.21. The number of carbonyl (C=O) groups is 1. The van der Waals surface area contributed by atoms with E-state index in [4.69, 9.17) is 16.3 Å². The van der Waals surface area contributed by atoms with Crippen LogP contribution in [0.1, 0.15) is 53.0 Å². The summed E-state index contributed by atoms with van der Waals surface area (Å²) >= 11 is 6.09. The van der Waals surface area contributed by atoms with Gasteiger partial charge in [0, 0.05) is 31.5 Å². The van der Waals surface area contributed by atoms with Crippen molar-refractivity contribution >= 4 is 29.0 Å². The Morgan fingerprint density at radius 2 is 1.95 bits per heavy atom. The number of nitrogens with one attached hydrogen (secondary N) is 1. The zero-order valence-electron chi connectivity index (χ0n) is 20.9. The third-order valence-corrected chi connectivity index (χ3v) is 7.16. The smallest absolute Gasteiger partial charge is 0.270 e. The highest BCUT2D eigenvalue weighted by Crippen LogP contribution is 2.32. The van der Waals surface area contributed by atoms with Gasteiger partial charge < -0.3 is 15.0 Å². The van der Waals surface area contributed by atoms with Crippen LogP contribution < -0.4 is 15.0 Å². The Bertz CT molecular complexity index is 1410. The molecular formula is C28H29ClFN5O2. The molecule has 0 spiro atoms. The lowest BCUT2D eigenvalue weighted by Gasteiger charge is -2.34. The second kappa shape index (κ2) is 10.8. The maximum atomic E-state index is 14.1. The highest BCUT2D eigenvalue weighted by atomic mass is 35.5. The van der Waals surface area contributed by atoms with Gasteiger partial charge in [0.05, 0.1) is 24.0 Å². The van der Waals surface area contributed by atoms with Crippen molar-refractivity contribution in [3.05, 3.63) is 88.2 Å². The van der Waals surface area contributed by atoms with Gasteiger partial charge in [0.25, 0.3) is 5.91 Å². The quantitative estimate of drug-likeness (QED) is 0.352. The number of fused-ring (bicyclic) bond motifs is 1. The summed E-state index contributed by atoms with van der Waals surface area (Å²) in [5.74, 6) is 0.552. The zero-order valence-corrected chi connectivity index (χ0v) is 21.6. The van der Waals surface area contributed by atoms with E-state index in [0.29, 0.717) is 41.1 Å². The number of halogens is 2. The van der Waals surface area contributed by atoms with Crippen molar-refractivity contribution in [2.24, 2.45) is 0 Å². The number of amides is 1. The number of piperidine rings is 1. The molecule has 1 N–H and O–H groups in total. The minimum Gasteiger partial charge on any atom is -0.494 e. The summed E-state index contributed by atoms with van der Waals surface area (Å²) in [5, 5.41) is 3.44. The van der Waals surface area contributed by atoms with Crippen LogP contribution in [0.4, 0.5) is 10.1 Å². The van der Waals surface area contributed by atoms with Crippen LogP contribution in [0.3, 0.4) is 0 Å². The highest BCUT2D eigenvalue weighted by molar-refractivity contribution is 6.30. The van der Waals surface area contributed by atoms with Crippen LogP contribution in [-0.4, -0.2) is 40.5 Å². The fraction of sp³-hybridized carbons (Fsp3) is 0.321. The monoisotopic (exact) mass is 521 g/mol. The molecule has 5 rings (SSSR count). The summed E-state index contributed by atoms with van der Waals surface area (Å²) in [6.45, 7) is 4.16. The largest absolute Gasteiger partial charge is 0.494 e. The molecule has 1 saturated heterocycles. The van der Waals surface area contributed by atoms with Crippen LogP contribution in [0.5, 0.6) is 5.75 Å². The first-order chi connectivity index (χ1) is 18.0. The van der Waals surface area contributed by atoms with E-state index >= 15 is 0 Å². The number of anilines is 1. The first-order valence-electron chi connectivity index (χ1n) is 12.4. The molecule has 0 unspecified atom stereocenters. The lowest BCUT2D eigenvalue weighted by molar-refractivity contribution is 0.0944. The summed E-state index contributed by atoms with van der Waals surface area (Å²) in [4.78, 5) is 24.0. The van der Waals surface area contributed by atoms with Crippen molar-refractivity contribution in [1.82, 2.24) is 19.7 Å². The number of aryl methyl sites for hydroxylation is 1. The fourth-order valence-corrected chi connectivity index (χ4v) is 5.09. The van der Waals surface area contributed by atoms with Gasteiger partial charge in [0.15, 0.2) is 11.6 Å². The van der Waals surface area contributed by atoms with Crippen molar-refractivity contribution in [2.75, 3.05) is 25.1 Å². The topological polar surface area (TPSA) is 71.8 Å². The number of ether oxygens (including phenoxy) is 1. The van der Waals surface area contributed by atoms with Crippen molar-refractivity contribution in [3.8, 4) is 5.75 Å². The molecule has 0 bridgehead atoms. The van der Waals surface area contributed by atoms with Gasteiger partial charge in [-0.05, 0) is 60.6 Å². The molecule has 37 heavy (non-hydrogen) atoms. The summed E-state index contributed by atoms with van der Waals surface area (Å²) in [6.07, 6.45) is 5.72. The molecule has 1 fully saturated rings. The average Bonchev–Trinajstić information content (AvgIpc) is 3.30. The van der Waals surface area contributed by atoms with Gasteiger partial charge >= 0.3 is 0 Å². The van der Waals surface area contributed by atoms with Crippen LogP contribution in [0.2, 0.25) is 5.02 Å². The molecule has 192 valence electrons. The second-order valence-corrected chi connectivity index (χ2v) is 9.64. The molecule has 0 radical (unpaired) electrons. The van der Waals surface area contributed by atoms with Gasteiger partial charge in [-0.15, -0.1) is 0 Å². The molecule has 1 amide bonds. The lowest BCUT2D eigenvalue weighted by atomic mass is 9.89. The SMILES string of the molecule is CCc1nc2ncc(Cl)cn2c1C(=O)NCc1ccc(N2CCC(c3ccc(OC)c(F)c3)CC2)cc1. The van der Waals surface area contributed by atoms with E-state index in [1.807, 2.05) is 25.1 Å². The van der Waals surface area contributed by atoms with E-state index in [1.54, 1.807) is 22.7 Å². The Kier molecular flexibility index (Phi) is 7.28. The molecule has 0 saturated carbocycles. The normalized spacial score (nSPS) is 14.2. The molecular weight excluding hydrogens is 493 g/mol. The van der Waals surface area contributed by atoms with Crippen molar-refractivity contribution in [2.45, 2.75) is 38.6 Å². The van der Waals surface area contributed by atoms with Crippen LogP contribution in [-0.2, 0) is 13.0 Å². The third kappa shape index (κ3) is 5.25. The molecule has 9 heteroatoms. The van der Waals surface area contributed by atoms with Gasteiger partial charge in [-0.1, -0.05) is 36.7 Å². The van der Waals surface area contributed by atoms with Crippen LogP contribution in [0.15, 0.2) is 54.9 Å². The number of nitrogens with zero attached hydrogens (tertiary/aromatic N) is 4. The molecule has 0 atom stereocenters. The summed E-state index contributed by atoms with van der Waals surface area (Å²) in [7, 11) is 1.48. The number of methoxy groups -OCH3 is 1. The Hall–Kier alpha value is -3.65.